The van der Waals surface area contributed by atoms with E-state index in [0.29, 0.717) is 0 Å². The minimum Gasteiger partial charge on any atom is -0.384 e. The molecule has 0 amide bonds. The van der Waals surface area contributed by atoms with E-state index < -0.39 is 0 Å². The third kappa shape index (κ3) is 4.67. The first-order valence-corrected chi connectivity index (χ1v) is 9.79. The van der Waals surface area contributed by atoms with Gasteiger partial charge < -0.3 is 5.32 Å². The van der Waals surface area contributed by atoms with Crippen LogP contribution in [0.25, 0.3) is 0 Å². The van der Waals surface area contributed by atoms with E-state index in [2.05, 4.69) is 41.3 Å². The Balaban J connectivity index is 1.56. The van der Waals surface area contributed by atoms with Crippen LogP contribution >= 0.6 is 11.8 Å². The molecule has 0 atom stereocenters. The van der Waals surface area contributed by atoms with Gasteiger partial charge in [-0.1, -0.05) is 50.7 Å². The standard InChI is InChI=1S/C19H29NS/c1-2-4-10-16(9-3-1)15-20-18-13-7-8-14-19(18)21-17-11-5-6-12-17/h7-8,13-14,16-17,20H,1-6,9-12,15H2. The summed E-state index contributed by atoms with van der Waals surface area (Å²) >= 11 is 2.11. The van der Waals surface area contributed by atoms with Crippen molar-refractivity contribution in [2.45, 2.75) is 74.4 Å². The van der Waals surface area contributed by atoms with E-state index in [0.717, 1.165) is 11.2 Å². The van der Waals surface area contributed by atoms with Crippen LogP contribution in [0.1, 0.15) is 64.2 Å². The maximum Gasteiger partial charge on any atom is 0.0478 e. The molecule has 1 aromatic carbocycles. The summed E-state index contributed by atoms with van der Waals surface area (Å²) in [7, 11) is 0. The highest BCUT2D eigenvalue weighted by Gasteiger charge is 2.18. The molecule has 1 aromatic rings. The SMILES string of the molecule is c1ccc(SC2CCCC2)c(NCC2CCCCCC2)c1. The Morgan fingerprint density at radius 3 is 2.29 bits per heavy atom. The third-order valence-corrected chi connectivity index (χ3v) is 6.45. The van der Waals surface area contributed by atoms with Crippen molar-refractivity contribution in [3.63, 3.8) is 0 Å². The highest BCUT2D eigenvalue weighted by Crippen LogP contribution is 2.38. The quantitative estimate of drug-likeness (QED) is 0.659. The molecule has 0 bridgehead atoms. The van der Waals surface area contributed by atoms with Gasteiger partial charge in [-0.2, -0.15) is 0 Å². The topological polar surface area (TPSA) is 12.0 Å². The van der Waals surface area contributed by atoms with Crippen molar-refractivity contribution in [3.8, 4) is 0 Å². The van der Waals surface area contributed by atoms with Crippen LogP contribution in [0.3, 0.4) is 0 Å². The van der Waals surface area contributed by atoms with Crippen molar-refractivity contribution in [1.82, 2.24) is 0 Å². The number of benzene rings is 1. The van der Waals surface area contributed by atoms with Gasteiger partial charge in [0, 0.05) is 22.4 Å². The van der Waals surface area contributed by atoms with Gasteiger partial charge in [0.25, 0.3) is 0 Å². The summed E-state index contributed by atoms with van der Waals surface area (Å²) in [6.07, 6.45) is 14.3. The fourth-order valence-corrected chi connectivity index (χ4v) is 5.08. The van der Waals surface area contributed by atoms with Crippen molar-refractivity contribution < 1.29 is 0 Å². The summed E-state index contributed by atoms with van der Waals surface area (Å²) in [5, 5.41) is 4.62. The first-order chi connectivity index (χ1) is 10.4. The average Bonchev–Trinajstić information content (AvgIpc) is 2.88. The lowest BCUT2D eigenvalue weighted by molar-refractivity contribution is 0.483. The lowest BCUT2D eigenvalue weighted by Gasteiger charge is -2.19. The molecule has 2 fully saturated rings. The lowest BCUT2D eigenvalue weighted by Crippen LogP contribution is -2.14. The summed E-state index contributed by atoms with van der Waals surface area (Å²) in [5.41, 5.74) is 1.37. The Morgan fingerprint density at radius 2 is 1.52 bits per heavy atom. The third-order valence-electron chi connectivity index (χ3n) is 5.04. The number of para-hydroxylation sites is 1. The summed E-state index contributed by atoms with van der Waals surface area (Å²) in [4.78, 5) is 1.47. The predicted octanol–water partition coefficient (Wildman–Crippen LogP) is 6.10. The predicted molar refractivity (Wildman–Crippen MR) is 94.2 cm³/mol. The largest absolute Gasteiger partial charge is 0.384 e. The zero-order chi connectivity index (χ0) is 14.3. The van der Waals surface area contributed by atoms with Crippen LogP contribution in [0, 0.1) is 5.92 Å². The molecular formula is C19H29NS. The summed E-state index contributed by atoms with van der Waals surface area (Å²) in [5.74, 6) is 0.886. The molecule has 116 valence electrons. The molecule has 0 unspecified atom stereocenters. The van der Waals surface area contributed by atoms with Crippen molar-refractivity contribution in [1.29, 1.82) is 0 Å². The van der Waals surface area contributed by atoms with Crippen LogP contribution in [0.15, 0.2) is 29.2 Å². The minimum absolute atomic E-state index is 0.853. The lowest BCUT2D eigenvalue weighted by atomic mass is 10.0. The molecule has 21 heavy (non-hydrogen) atoms. The van der Waals surface area contributed by atoms with E-state index in [-0.39, 0.29) is 0 Å². The highest BCUT2D eigenvalue weighted by molar-refractivity contribution is 8.00. The molecule has 2 aliphatic rings. The van der Waals surface area contributed by atoms with Gasteiger partial charge >= 0.3 is 0 Å². The number of anilines is 1. The van der Waals surface area contributed by atoms with Gasteiger partial charge in [0.1, 0.15) is 0 Å². The second kappa shape index (κ2) is 8.12. The first-order valence-electron chi connectivity index (χ1n) is 8.91. The molecule has 1 nitrogen and oxygen atoms in total. The van der Waals surface area contributed by atoms with Crippen LogP contribution < -0.4 is 5.32 Å². The van der Waals surface area contributed by atoms with Crippen molar-refractivity contribution >= 4 is 17.4 Å². The molecule has 0 saturated heterocycles. The number of rotatable bonds is 5. The highest BCUT2D eigenvalue weighted by atomic mass is 32.2. The molecule has 0 heterocycles. The summed E-state index contributed by atoms with van der Waals surface area (Å²) in [6.45, 7) is 1.17. The maximum atomic E-state index is 3.76. The van der Waals surface area contributed by atoms with Gasteiger partial charge in [0.05, 0.1) is 0 Å². The average molecular weight is 304 g/mol. The number of hydrogen-bond acceptors (Lipinski definition) is 2. The molecule has 1 N–H and O–H groups in total. The number of nitrogens with one attached hydrogen (secondary N) is 1. The minimum atomic E-state index is 0.853. The summed E-state index contributed by atoms with van der Waals surface area (Å²) in [6, 6.07) is 8.94. The van der Waals surface area contributed by atoms with Crippen molar-refractivity contribution in [2.24, 2.45) is 5.92 Å². The van der Waals surface area contributed by atoms with Gasteiger partial charge in [-0.15, -0.1) is 11.8 Å². The zero-order valence-corrected chi connectivity index (χ0v) is 14.0. The van der Waals surface area contributed by atoms with E-state index >= 15 is 0 Å². The summed E-state index contributed by atoms with van der Waals surface area (Å²) < 4.78 is 0. The Morgan fingerprint density at radius 1 is 0.857 bits per heavy atom. The molecule has 0 aromatic heterocycles. The van der Waals surface area contributed by atoms with Crippen LogP contribution in [0.5, 0.6) is 0 Å². The van der Waals surface area contributed by atoms with Crippen molar-refractivity contribution in [3.05, 3.63) is 24.3 Å². The molecule has 3 rings (SSSR count). The van der Waals surface area contributed by atoms with Crippen LogP contribution in [-0.4, -0.2) is 11.8 Å². The van der Waals surface area contributed by atoms with Gasteiger partial charge in [0.15, 0.2) is 0 Å². The van der Waals surface area contributed by atoms with E-state index in [1.54, 1.807) is 0 Å². The van der Waals surface area contributed by atoms with E-state index in [4.69, 9.17) is 0 Å². The Kier molecular flexibility index (Phi) is 5.91. The fraction of sp³-hybridized carbons (Fsp3) is 0.684. The molecule has 0 spiro atoms. The van der Waals surface area contributed by atoms with Crippen LogP contribution in [0.2, 0.25) is 0 Å². The molecule has 0 radical (unpaired) electrons. The molecular weight excluding hydrogens is 274 g/mol. The maximum absolute atomic E-state index is 3.76. The molecule has 2 aliphatic carbocycles. The second-order valence-electron chi connectivity index (χ2n) is 6.76. The Labute approximate surface area is 134 Å². The van der Waals surface area contributed by atoms with Gasteiger partial charge in [-0.25, -0.2) is 0 Å². The van der Waals surface area contributed by atoms with Gasteiger partial charge in [-0.05, 0) is 43.7 Å². The Hall–Kier alpha value is -0.630. The van der Waals surface area contributed by atoms with Crippen molar-refractivity contribution in [2.75, 3.05) is 11.9 Å². The Bertz CT molecular complexity index is 417. The van der Waals surface area contributed by atoms with Crippen LogP contribution in [0.4, 0.5) is 5.69 Å². The van der Waals surface area contributed by atoms with Crippen LogP contribution in [-0.2, 0) is 0 Å². The monoisotopic (exact) mass is 303 g/mol. The molecule has 2 saturated carbocycles. The molecule has 0 aliphatic heterocycles. The molecule has 2 heteroatoms. The normalized spacial score (nSPS) is 21.3. The zero-order valence-electron chi connectivity index (χ0n) is 13.2. The number of hydrogen-bond donors (Lipinski definition) is 1. The van der Waals surface area contributed by atoms with Gasteiger partial charge in [-0.3, -0.25) is 0 Å². The second-order valence-corrected chi connectivity index (χ2v) is 8.10. The fourth-order valence-electron chi connectivity index (χ4n) is 3.72. The van der Waals surface area contributed by atoms with Gasteiger partial charge in [0.2, 0.25) is 0 Å². The number of thioether (sulfide) groups is 1. The first kappa shape index (κ1) is 15.3. The van der Waals surface area contributed by atoms with E-state index in [1.807, 2.05) is 0 Å². The van der Waals surface area contributed by atoms with E-state index in [1.165, 1.54) is 81.3 Å². The smallest absolute Gasteiger partial charge is 0.0478 e. The van der Waals surface area contributed by atoms with E-state index in [9.17, 15) is 0 Å².